The lowest BCUT2D eigenvalue weighted by Crippen LogP contribution is -2.22. The van der Waals surface area contributed by atoms with Crippen molar-refractivity contribution in [3.8, 4) is 0 Å². The normalized spacial score (nSPS) is 13.7. The molecule has 2 heterocycles. The van der Waals surface area contributed by atoms with Gasteiger partial charge in [0.05, 0.1) is 10.7 Å². The Morgan fingerprint density at radius 3 is 2.46 bits per heavy atom. The lowest BCUT2D eigenvalue weighted by molar-refractivity contribution is 0.0954. The van der Waals surface area contributed by atoms with Crippen LogP contribution in [0.4, 0.5) is 5.69 Å². The van der Waals surface area contributed by atoms with E-state index in [-0.39, 0.29) is 5.91 Å². The second-order valence-corrected chi connectivity index (χ2v) is 8.31. The molecule has 0 atom stereocenters. The van der Waals surface area contributed by atoms with Gasteiger partial charge in [-0.05, 0) is 43.0 Å². The Balaban J connectivity index is 1.36. The number of hydrogen-bond donors (Lipinski definition) is 1. The molecule has 4 rings (SSSR count). The molecular weight excluding hydrogens is 366 g/mol. The first kappa shape index (κ1) is 18.7. The molecular formula is C23H25N3OS. The number of aryl methyl sites for hydroxylation is 1. The summed E-state index contributed by atoms with van der Waals surface area (Å²) in [5.74, 6) is -0.0436. The number of carbonyl (C=O) groups excluding carboxylic acids is 1. The number of amides is 1. The van der Waals surface area contributed by atoms with Gasteiger partial charge in [0.15, 0.2) is 0 Å². The summed E-state index contributed by atoms with van der Waals surface area (Å²) < 4.78 is 0. The van der Waals surface area contributed by atoms with E-state index in [0.29, 0.717) is 11.4 Å². The van der Waals surface area contributed by atoms with Gasteiger partial charge < -0.3 is 10.2 Å². The highest BCUT2D eigenvalue weighted by Gasteiger charge is 2.16. The van der Waals surface area contributed by atoms with Gasteiger partial charge >= 0.3 is 0 Å². The predicted octanol–water partition coefficient (Wildman–Crippen LogP) is 4.57. The molecule has 1 N–H and O–H groups in total. The van der Waals surface area contributed by atoms with Gasteiger partial charge in [0.1, 0.15) is 4.88 Å². The van der Waals surface area contributed by atoms with Crippen LogP contribution in [0.1, 0.15) is 44.3 Å². The fourth-order valence-corrected chi connectivity index (χ4v) is 4.59. The minimum atomic E-state index is -0.0436. The van der Waals surface area contributed by atoms with Crippen molar-refractivity contribution in [3.05, 3.63) is 81.3 Å². The van der Waals surface area contributed by atoms with Crippen LogP contribution >= 0.6 is 11.3 Å². The number of aromatic nitrogens is 1. The van der Waals surface area contributed by atoms with Gasteiger partial charge in [-0.1, -0.05) is 42.5 Å². The van der Waals surface area contributed by atoms with Crippen LogP contribution in [0.25, 0.3) is 0 Å². The van der Waals surface area contributed by atoms with E-state index >= 15 is 0 Å². The Hall–Kier alpha value is -2.66. The summed E-state index contributed by atoms with van der Waals surface area (Å²) in [5, 5.41) is 4.02. The number of benzene rings is 2. The second kappa shape index (κ2) is 8.57. The van der Waals surface area contributed by atoms with E-state index in [9.17, 15) is 4.79 Å². The third-order valence-corrected chi connectivity index (χ3v) is 6.26. The highest BCUT2D eigenvalue weighted by atomic mass is 32.1. The van der Waals surface area contributed by atoms with E-state index in [0.717, 1.165) is 35.8 Å². The zero-order valence-corrected chi connectivity index (χ0v) is 17.0. The van der Waals surface area contributed by atoms with Crippen molar-refractivity contribution in [2.45, 2.75) is 32.7 Å². The molecule has 0 saturated carbocycles. The van der Waals surface area contributed by atoms with E-state index in [2.05, 4.69) is 51.6 Å². The molecule has 1 amide bonds. The fourth-order valence-electron chi connectivity index (χ4n) is 3.57. The number of thiazole rings is 1. The summed E-state index contributed by atoms with van der Waals surface area (Å²) in [6.07, 6.45) is 3.31. The van der Waals surface area contributed by atoms with Gasteiger partial charge in [-0.15, -0.1) is 11.3 Å². The number of nitrogens with zero attached hydrogens (tertiary/aromatic N) is 2. The zero-order chi connectivity index (χ0) is 19.3. The van der Waals surface area contributed by atoms with Crippen LogP contribution in [0.5, 0.6) is 0 Å². The summed E-state index contributed by atoms with van der Waals surface area (Å²) in [4.78, 5) is 20.3. The maximum Gasteiger partial charge on any atom is 0.263 e. The highest BCUT2D eigenvalue weighted by molar-refractivity contribution is 7.13. The number of rotatable bonds is 6. The molecule has 5 heteroatoms. The average Bonchev–Trinajstić information content (AvgIpc) is 3.37. The first-order valence-electron chi connectivity index (χ1n) is 9.81. The molecule has 4 nitrogen and oxygen atoms in total. The maximum absolute atomic E-state index is 12.6. The minimum Gasteiger partial charge on any atom is -0.372 e. The van der Waals surface area contributed by atoms with Crippen LogP contribution in [0.2, 0.25) is 0 Å². The molecule has 1 aromatic heterocycles. The number of nitrogens with one attached hydrogen (secondary N) is 1. The van der Waals surface area contributed by atoms with Crippen LogP contribution in [-0.4, -0.2) is 24.0 Å². The molecule has 0 radical (unpaired) electrons. The molecule has 3 aromatic rings. The van der Waals surface area contributed by atoms with E-state index in [1.54, 1.807) is 0 Å². The van der Waals surface area contributed by atoms with E-state index in [4.69, 9.17) is 0 Å². The average molecular weight is 392 g/mol. The van der Waals surface area contributed by atoms with Crippen molar-refractivity contribution in [2.24, 2.45) is 0 Å². The topological polar surface area (TPSA) is 45.2 Å². The fraction of sp³-hybridized carbons (Fsp3) is 0.304. The Morgan fingerprint density at radius 1 is 1.04 bits per heavy atom. The van der Waals surface area contributed by atoms with Crippen molar-refractivity contribution in [3.63, 3.8) is 0 Å². The standard InChI is InChI=1S/C23H25N3OS/c1-17-22(28-21(25-17)15-18-7-3-2-4-8-18)23(27)24-16-19-9-11-20(12-10-19)26-13-5-6-14-26/h2-4,7-12H,5-6,13-16H2,1H3,(H,24,27). The largest absolute Gasteiger partial charge is 0.372 e. The number of carbonyl (C=O) groups is 1. The molecule has 1 aliphatic heterocycles. The van der Waals surface area contributed by atoms with Gasteiger partial charge in [0.2, 0.25) is 0 Å². The van der Waals surface area contributed by atoms with Gasteiger partial charge in [0.25, 0.3) is 5.91 Å². The Labute approximate surface area is 170 Å². The van der Waals surface area contributed by atoms with Crippen LogP contribution in [-0.2, 0) is 13.0 Å². The lowest BCUT2D eigenvalue weighted by atomic mass is 10.2. The molecule has 144 valence electrons. The lowest BCUT2D eigenvalue weighted by Gasteiger charge is -2.17. The Kier molecular flexibility index (Phi) is 5.72. The minimum absolute atomic E-state index is 0.0436. The number of hydrogen-bond acceptors (Lipinski definition) is 4. The summed E-state index contributed by atoms with van der Waals surface area (Å²) in [6.45, 7) is 4.73. The molecule has 0 aliphatic carbocycles. The van der Waals surface area contributed by atoms with Crippen molar-refractivity contribution in [2.75, 3.05) is 18.0 Å². The van der Waals surface area contributed by atoms with E-state index in [1.165, 1.54) is 35.4 Å². The molecule has 1 saturated heterocycles. The van der Waals surface area contributed by atoms with Gasteiger partial charge in [-0.3, -0.25) is 4.79 Å². The summed E-state index contributed by atoms with van der Waals surface area (Å²) in [7, 11) is 0. The first-order valence-corrected chi connectivity index (χ1v) is 10.6. The highest BCUT2D eigenvalue weighted by Crippen LogP contribution is 2.22. The van der Waals surface area contributed by atoms with Gasteiger partial charge in [-0.2, -0.15) is 0 Å². The predicted molar refractivity (Wildman–Crippen MR) is 115 cm³/mol. The molecule has 0 bridgehead atoms. The van der Waals surface area contributed by atoms with Gasteiger partial charge in [-0.25, -0.2) is 4.98 Å². The summed E-state index contributed by atoms with van der Waals surface area (Å²) >= 11 is 1.49. The first-order chi connectivity index (χ1) is 13.7. The monoisotopic (exact) mass is 391 g/mol. The van der Waals surface area contributed by atoms with Crippen LogP contribution < -0.4 is 10.2 Å². The van der Waals surface area contributed by atoms with Crippen LogP contribution in [0, 0.1) is 6.92 Å². The van der Waals surface area contributed by atoms with E-state index < -0.39 is 0 Å². The molecule has 0 spiro atoms. The zero-order valence-electron chi connectivity index (χ0n) is 16.1. The Bertz CT molecular complexity index is 928. The van der Waals surface area contributed by atoms with Crippen molar-refractivity contribution < 1.29 is 4.79 Å². The molecule has 28 heavy (non-hydrogen) atoms. The Morgan fingerprint density at radius 2 is 1.75 bits per heavy atom. The van der Waals surface area contributed by atoms with Crippen LogP contribution in [0.15, 0.2) is 54.6 Å². The van der Waals surface area contributed by atoms with Crippen LogP contribution in [0.3, 0.4) is 0 Å². The maximum atomic E-state index is 12.6. The molecule has 0 unspecified atom stereocenters. The van der Waals surface area contributed by atoms with E-state index in [1.807, 2.05) is 25.1 Å². The summed E-state index contributed by atoms with van der Waals surface area (Å²) in [5.41, 5.74) is 4.40. The number of anilines is 1. The van der Waals surface area contributed by atoms with Crippen molar-refractivity contribution >= 4 is 22.9 Å². The quantitative estimate of drug-likeness (QED) is 0.669. The van der Waals surface area contributed by atoms with Gasteiger partial charge in [0, 0.05) is 31.7 Å². The van der Waals surface area contributed by atoms with Crippen molar-refractivity contribution in [1.82, 2.24) is 10.3 Å². The SMILES string of the molecule is Cc1nc(Cc2ccccc2)sc1C(=O)NCc1ccc(N2CCCC2)cc1. The molecule has 1 fully saturated rings. The molecule has 2 aromatic carbocycles. The van der Waals surface area contributed by atoms with Crippen molar-refractivity contribution in [1.29, 1.82) is 0 Å². The molecule has 1 aliphatic rings. The second-order valence-electron chi connectivity index (χ2n) is 7.23. The smallest absolute Gasteiger partial charge is 0.263 e. The summed E-state index contributed by atoms with van der Waals surface area (Å²) in [6, 6.07) is 18.8. The third kappa shape index (κ3) is 4.42. The third-order valence-electron chi connectivity index (χ3n) is 5.11.